The van der Waals surface area contributed by atoms with Gasteiger partial charge in [0.1, 0.15) is 0 Å². The number of carbonyl (C=O) groups is 2. The van der Waals surface area contributed by atoms with Crippen molar-refractivity contribution in [2.45, 2.75) is 51.0 Å². The lowest BCUT2D eigenvalue weighted by Crippen LogP contribution is -2.30. The molecule has 5 heteroatoms. The van der Waals surface area contributed by atoms with Gasteiger partial charge in [0.15, 0.2) is 17.3 Å². The van der Waals surface area contributed by atoms with Gasteiger partial charge in [-0.05, 0) is 67.0 Å². The number of amides is 1. The van der Waals surface area contributed by atoms with Crippen molar-refractivity contribution in [3.63, 3.8) is 0 Å². The van der Waals surface area contributed by atoms with Gasteiger partial charge in [0.25, 0.3) is 0 Å². The van der Waals surface area contributed by atoms with E-state index in [9.17, 15) is 9.59 Å². The topological polar surface area (TPSA) is 55.8 Å². The standard InChI is InChI=1S/C25H29NO4/c1-29-23-12-10-19(16-24(23)30-2)21-7-4-14-26(21)25(28)13-11-22(27)20-9-8-17-5-3-6-18(17)15-20/h8-10,12,15-16,21H,3-7,11,13-14H2,1-2H3. The minimum Gasteiger partial charge on any atom is -0.493 e. The molecule has 1 atom stereocenters. The Bertz CT molecular complexity index is 952. The second kappa shape index (κ2) is 8.90. The van der Waals surface area contributed by atoms with Gasteiger partial charge in [-0.2, -0.15) is 0 Å². The fourth-order valence-corrected chi connectivity index (χ4v) is 4.73. The zero-order chi connectivity index (χ0) is 21.1. The number of carbonyl (C=O) groups excluding carboxylic acids is 2. The Morgan fingerprint density at radius 1 is 0.933 bits per heavy atom. The zero-order valence-electron chi connectivity index (χ0n) is 17.8. The predicted molar refractivity (Wildman–Crippen MR) is 115 cm³/mol. The number of benzene rings is 2. The number of Topliss-reactive ketones (excluding diaryl/α,β-unsaturated/α-hetero) is 1. The van der Waals surface area contributed by atoms with E-state index in [-0.39, 0.29) is 30.6 Å². The first kappa shape index (κ1) is 20.5. The van der Waals surface area contributed by atoms with Crippen LogP contribution in [0.4, 0.5) is 0 Å². The Kier molecular flexibility index (Phi) is 6.07. The molecule has 4 rings (SSSR count). The maximum atomic E-state index is 12.9. The van der Waals surface area contributed by atoms with Crippen molar-refractivity contribution in [1.82, 2.24) is 4.90 Å². The van der Waals surface area contributed by atoms with E-state index in [4.69, 9.17) is 9.47 Å². The molecule has 1 aliphatic heterocycles. The lowest BCUT2D eigenvalue weighted by molar-refractivity contribution is -0.132. The minimum absolute atomic E-state index is 0.0207. The number of rotatable bonds is 7. The van der Waals surface area contributed by atoms with Crippen molar-refractivity contribution in [3.8, 4) is 11.5 Å². The van der Waals surface area contributed by atoms with E-state index in [1.165, 1.54) is 11.1 Å². The number of hydrogen-bond acceptors (Lipinski definition) is 4. The second-order valence-corrected chi connectivity index (χ2v) is 8.12. The summed E-state index contributed by atoms with van der Waals surface area (Å²) < 4.78 is 10.7. The molecule has 158 valence electrons. The normalized spacial score (nSPS) is 17.7. The van der Waals surface area contributed by atoms with Gasteiger partial charge in [0.05, 0.1) is 20.3 Å². The lowest BCUT2D eigenvalue weighted by atomic mass is 10.0. The molecule has 0 saturated carbocycles. The summed E-state index contributed by atoms with van der Waals surface area (Å²) >= 11 is 0. The third-order valence-corrected chi connectivity index (χ3v) is 6.35. The summed E-state index contributed by atoms with van der Waals surface area (Å²) in [6, 6.07) is 11.9. The van der Waals surface area contributed by atoms with Gasteiger partial charge in [-0.25, -0.2) is 0 Å². The third-order valence-electron chi connectivity index (χ3n) is 6.35. The summed E-state index contributed by atoms with van der Waals surface area (Å²) in [5.41, 5.74) is 4.43. The highest BCUT2D eigenvalue weighted by atomic mass is 16.5. The number of methoxy groups -OCH3 is 2. The first-order chi connectivity index (χ1) is 14.6. The van der Waals surface area contributed by atoms with Crippen LogP contribution in [-0.2, 0) is 17.6 Å². The van der Waals surface area contributed by atoms with Crippen molar-refractivity contribution < 1.29 is 19.1 Å². The molecule has 5 nitrogen and oxygen atoms in total. The second-order valence-electron chi connectivity index (χ2n) is 8.12. The van der Waals surface area contributed by atoms with Crippen molar-refractivity contribution >= 4 is 11.7 Å². The summed E-state index contributed by atoms with van der Waals surface area (Å²) in [5, 5.41) is 0. The average Bonchev–Trinajstić information content (AvgIpc) is 3.45. The smallest absolute Gasteiger partial charge is 0.223 e. The first-order valence-electron chi connectivity index (χ1n) is 10.8. The van der Waals surface area contributed by atoms with Crippen LogP contribution < -0.4 is 9.47 Å². The molecule has 1 unspecified atom stereocenters. The number of nitrogens with zero attached hydrogens (tertiary/aromatic N) is 1. The van der Waals surface area contributed by atoms with Crippen LogP contribution in [0.2, 0.25) is 0 Å². The molecule has 1 saturated heterocycles. The van der Waals surface area contributed by atoms with E-state index in [0.717, 1.165) is 49.8 Å². The largest absolute Gasteiger partial charge is 0.493 e. The zero-order valence-corrected chi connectivity index (χ0v) is 17.8. The summed E-state index contributed by atoms with van der Waals surface area (Å²) in [6.07, 6.45) is 5.71. The molecule has 1 fully saturated rings. The molecule has 30 heavy (non-hydrogen) atoms. The van der Waals surface area contributed by atoms with Gasteiger partial charge < -0.3 is 14.4 Å². The number of fused-ring (bicyclic) bond motifs is 1. The maximum absolute atomic E-state index is 12.9. The molecule has 1 amide bonds. The molecule has 0 radical (unpaired) electrons. The number of ketones is 1. The van der Waals surface area contributed by atoms with Crippen LogP contribution in [0.25, 0.3) is 0 Å². The highest BCUT2D eigenvalue weighted by molar-refractivity contribution is 5.98. The number of aryl methyl sites for hydroxylation is 2. The summed E-state index contributed by atoms with van der Waals surface area (Å²) in [4.78, 5) is 27.5. The van der Waals surface area contributed by atoms with Crippen LogP contribution in [0.3, 0.4) is 0 Å². The highest BCUT2D eigenvalue weighted by Crippen LogP contribution is 2.37. The van der Waals surface area contributed by atoms with Crippen LogP contribution in [0.15, 0.2) is 36.4 Å². The van der Waals surface area contributed by atoms with Gasteiger partial charge in [-0.3, -0.25) is 9.59 Å². The monoisotopic (exact) mass is 407 g/mol. The Morgan fingerprint density at radius 3 is 2.53 bits per heavy atom. The molecule has 0 spiro atoms. The first-order valence-corrected chi connectivity index (χ1v) is 10.8. The maximum Gasteiger partial charge on any atom is 0.223 e. The van der Waals surface area contributed by atoms with E-state index in [0.29, 0.717) is 11.5 Å². The van der Waals surface area contributed by atoms with Crippen molar-refractivity contribution in [1.29, 1.82) is 0 Å². The van der Waals surface area contributed by atoms with Crippen LogP contribution in [0, 0.1) is 0 Å². The van der Waals surface area contributed by atoms with Gasteiger partial charge in [0.2, 0.25) is 5.91 Å². The molecular weight excluding hydrogens is 378 g/mol. The van der Waals surface area contributed by atoms with E-state index >= 15 is 0 Å². The van der Waals surface area contributed by atoms with Gasteiger partial charge in [-0.15, -0.1) is 0 Å². The van der Waals surface area contributed by atoms with Crippen LogP contribution in [0.1, 0.15) is 65.2 Å². The van der Waals surface area contributed by atoms with Gasteiger partial charge in [-0.1, -0.05) is 18.2 Å². The molecule has 2 aromatic carbocycles. The van der Waals surface area contributed by atoms with Crippen LogP contribution in [0.5, 0.6) is 11.5 Å². The average molecular weight is 408 g/mol. The molecule has 0 N–H and O–H groups in total. The van der Waals surface area contributed by atoms with Crippen LogP contribution in [-0.4, -0.2) is 37.4 Å². The van der Waals surface area contributed by atoms with E-state index in [1.54, 1.807) is 14.2 Å². The summed E-state index contributed by atoms with van der Waals surface area (Å²) in [7, 11) is 3.23. The molecule has 2 aliphatic rings. The molecule has 1 heterocycles. The van der Waals surface area contributed by atoms with Crippen molar-refractivity contribution in [2.75, 3.05) is 20.8 Å². The predicted octanol–water partition coefficient (Wildman–Crippen LogP) is 4.52. The van der Waals surface area contributed by atoms with E-state index < -0.39 is 0 Å². The van der Waals surface area contributed by atoms with E-state index in [2.05, 4.69) is 6.07 Å². The number of ether oxygens (including phenoxy) is 2. The Morgan fingerprint density at radius 2 is 1.73 bits per heavy atom. The Balaban J connectivity index is 1.41. The fraction of sp³-hybridized carbons (Fsp3) is 0.440. The van der Waals surface area contributed by atoms with E-state index in [1.807, 2.05) is 35.2 Å². The van der Waals surface area contributed by atoms with Crippen molar-refractivity contribution in [2.24, 2.45) is 0 Å². The number of hydrogen-bond donors (Lipinski definition) is 0. The summed E-state index contributed by atoms with van der Waals surface area (Å²) in [5.74, 6) is 1.44. The SMILES string of the molecule is COc1ccc(C2CCCN2C(=O)CCC(=O)c2ccc3c(c2)CCC3)cc1OC. The Hall–Kier alpha value is -2.82. The molecule has 0 aromatic heterocycles. The quantitative estimate of drug-likeness (QED) is 0.633. The van der Waals surface area contributed by atoms with Gasteiger partial charge >= 0.3 is 0 Å². The number of likely N-dealkylation sites (tertiary alicyclic amines) is 1. The van der Waals surface area contributed by atoms with Crippen molar-refractivity contribution in [3.05, 3.63) is 58.7 Å². The Labute approximate surface area is 178 Å². The molecule has 1 aliphatic carbocycles. The van der Waals surface area contributed by atoms with Gasteiger partial charge in [0, 0.05) is 24.9 Å². The molecule has 0 bridgehead atoms. The lowest BCUT2D eigenvalue weighted by Gasteiger charge is -2.25. The molecule has 2 aromatic rings. The fourth-order valence-electron chi connectivity index (χ4n) is 4.73. The van der Waals surface area contributed by atoms with Crippen LogP contribution >= 0.6 is 0 Å². The minimum atomic E-state index is 0.0207. The third kappa shape index (κ3) is 4.07. The summed E-state index contributed by atoms with van der Waals surface area (Å²) in [6.45, 7) is 0.727. The molecular formula is C25H29NO4. The highest BCUT2D eigenvalue weighted by Gasteiger charge is 2.30.